The molecule has 0 saturated carbocycles. The molecule has 78 valence electrons. The van der Waals surface area contributed by atoms with Gasteiger partial charge in [-0.05, 0) is 6.42 Å². The molecule has 5 heteroatoms. The predicted molar refractivity (Wildman–Crippen MR) is 50.1 cm³/mol. The molecule has 4 nitrogen and oxygen atoms in total. The van der Waals surface area contributed by atoms with Crippen molar-refractivity contribution in [2.75, 3.05) is 19.1 Å². The average Bonchev–Trinajstić information content (AvgIpc) is 2.00. The van der Waals surface area contributed by atoms with E-state index >= 15 is 0 Å². The van der Waals surface area contributed by atoms with Crippen molar-refractivity contribution in [2.24, 2.45) is 5.92 Å². The molecular formula is C8H16O4S. The van der Waals surface area contributed by atoms with Crippen LogP contribution in [0.1, 0.15) is 19.8 Å². The normalized spacial score (nSPS) is 13.8. The summed E-state index contributed by atoms with van der Waals surface area (Å²) in [5.74, 6) is -1.06. The quantitative estimate of drug-likeness (QED) is 0.621. The molecule has 0 amide bonds. The highest BCUT2D eigenvalue weighted by atomic mass is 32.2. The lowest BCUT2D eigenvalue weighted by molar-refractivity contribution is -0.144. The van der Waals surface area contributed by atoms with Gasteiger partial charge < -0.3 is 4.74 Å². The third-order valence-electron chi connectivity index (χ3n) is 1.68. The van der Waals surface area contributed by atoms with E-state index in [1.54, 1.807) is 0 Å². The monoisotopic (exact) mass is 208 g/mol. The third kappa shape index (κ3) is 5.63. The lowest BCUT2D eigenvalue weighted by Crippen LogP contribution is -2.24. The second-order valence-electron chi connectivity index (χ2n) is 3.10. The van der Waals surface area contributed by atoms with E-state index in [9.17, 15) is 13.2 Å². The topological polar surface area (TPSA) is 60.4 Å². The maximum absolute atomic E-state index is 11.1. The predicted octanol–water partition coefficient (Wildman–Crippen LogP) is 0.620. The van der Waals surface area contributed by atoms with E-state index in [1.165, 1.54) is 7.11 Å². The van der Waals surface area contributed by atoms with Crippen molar-refractivity contribution in [2.45, 2.75) is 19.8 Å². The van der Waals surface area contributed by atoms with E-state index in [1.807, 2.05) is 6.92 Å². The van der Waals surface area contributed by atoms with Crippen LogP contribution in [0.25, 0.3) is 0 Å². The fourth-order valence-corrected chi connectivity index (χ4v) is 2.18. The summed E-state index contributed by atoms with van der Waals surface area (Å²) >= 11 is 0. The average molecular weight is 208 g/mol. The molecule has 0 fully saturated rings. The van der Waals surface area contributed by atoms with Gasteiger partial charge in [0.15, 0.2) is 0 Å². The molecule has 0 aromatic carbocycles. The Morgan fingerprint density at radius 2 is 2.00 bits per heavy atom. The molecule has 0 rings (SSSR count). The van der Waals surface area contributed by atoms with Crippen molar-refractivity contribution in [3.8, 4) is 0 Å². The summed E-state index contributed by atoms with van der Waals surface area (Å²) in [6, 6.07) is 0. The van der Waals surface area contributed by atoms with Gasteiger partial charge in [-0.25, -0.2) is 8.42 Å². The van der Waals surface area contributed by atoms with E-state index in [0.29, 0.717) is 6.42 Å². The first-order chi connectivity index (χ1) is 5.90. The van der Waals surface area contributed by atoms with Crippen LogP contribution in [0.4, 0.5) is 0 Å². The number of carbonyl (C=O) groups is 1. The molecule has 0 aliphatic carbocycles. The van der Waals surface area contributed by atoms with E-state index in [-0.39, 0.29) is 5.75 Å². The standard InChI is InChI=1S/C8H16O4S/c1-4-5-7(8(9)12-2)6-13(3,10)11/h7H,4-6H2,1-3H3. The second-order valence-corrected chi connectivity index (χ2v) is 5.29. The van der Waals surface area contributed by atoms with Gasteiger partial charge in [-0.15, -0.1) is 0 Å². The molecule has 1 atom stereocenters. The second kappa shape index (κ2) is 5.21. The van der Waals surface area contributed by atoms with Crippen LogP contribution in [0.15, 0.2) is 0 Å². The van der Waals surface area contributed by atoms with Crippen molar-refractivity contribution in [3.05, 3.63) is 0 Å². The smallest absolute Gasteiger partial charge is 0.309 e. The Balaban J connectivity index is 4.35. The van der Waals surface area contributed by atoms with Crippen LogP contribution in [0.2, 0.25) is 0 Å². The Morgan fingerprint density at radius 3 is 2.31 bits per heavy atom. The molecule has 1 unspecified atom stereocenters. The fraction of sp³-hybridized carbons (Fsp3) is 0.875. The lowest BCUT2D eigenvalue weighted by Gasteiger charge is -2.11. The van der Waals surface area contributed by atoms with Gasteiger partial charge in [0, 0.05) is 6.26 Å². The van der Waals surface area contributed by atoms with Crippen LogP contribution in [-0.2, 0) is 19.4 Å². The SMILES string of the molecule is CCCC(CS(C)(=O)=O)C(=O)OC. The van der Waals surface area contributed by atoms with E-state index in [2.05, 4.69) is 4.74 Å². The van der Waals surface area contributed by atoms with Gasteiger partial charge in [0.05, 0.1) is 18.8 Å². The van der Waals surface area contributed by atoms with Crippen molar-refractivity contribution < 1.29 is 17.9 Å². The molecule has 0 N–H and O–H groups in total. The summed E-state index contributed by atoms with van der Waals surface area (Å²) in [6.07, 6.45) is 2.45. The first-order valence-corrected chi connectivity index (χ1v) is 6.22. The van der Waals surface area contributed by atoms with E-state index in [0.717, 1.165) is 12.7 Å². The number of sulfone groups is 1. The van der Waals surface area contributed by atoms with Gasteiger partial charge in [0.25, 0.3) is 0 Å². The highest BCUT2D eigenvalue weighted by Crippen LogP contribution is 2.10. The van der Waals surface area contributed by atoms with Gasteiger partial charge in [-0.3, -0.25) is 4.79 Å². The number of rotatable bonds is 5. The lowest BCUT2D eigenvalue weighted by atomic mass is 10.1. The van der Waals surface area contributed by atoms with E-state index < -0.39 is 21.7 Å². The maximum Gasteiger partial charge on any atom is 0.309 e. The summed E-state index contributed by atoms with van der Waals surface area (Å²) in [5.41, 5.74) is 0. The number of methoxy groups -OCH3 is 1. The molecular weight excluding hydrogens is 192 g/mol. The van der Waals surface area contributed by atoms with Crippen LogP contribution in [0.3, 0.4) is 0 Å². The van der Waals surface area contributed by atoms with Gasteiger partial charge in [0.1, 0.15) is 9.84 Å². The first-order valence-electron chi connectivity index (χ1n) is 4.16. The van der Waals surface area contributed by atoms with Crippen LogP contribution in [-0.4, -0.2) is 33.5 Å². The molecule has 0 spiro atoms. The van der Waals surface area contributed by atoms with Crippen molar-refractivity contribution in [1.82, 2.24) is 0 Å². The van der Waals surface area contributed by atoms with Gasteiger partial charge in [-0.2, -0.15) is 0 Å². The number of carbonyl (C=O) groups excluding carboxylic acids is 1. The van der Waals surface area contributed by atoms with E-state index in [4.69, 9.17) is 0 Å². The Morgan fingerprint density at radius 1 is 1.46 bits per heavy atom. The minimum absolute atomic E-state index is 0.118. The molecule has 0 aliphatic heterocycles. The van der Waals surface area contributed by atoms with Gasteiger partial charge in [0.2, 0.25) is 0 Å². The highest BCUT2D eigenvalue weighted by Gasteiger charge is 2.22. The fourth-order valence-electron chi connectivity index (χ4n) is 1.15. The molecule has 0 saturated heterocycles. The largest absolute Gasteiger partial charge is 0.469 e. The van der Waals surface area contributed by atoms with Crippen molar-refractivity contribution in [1.29, 1.82) is 0 Å². The summed E-state index contributed by atoms with van der Waals surface area (Å²) in [6.45, 7) is 1.90. The van der Waals surface area contributed by atoms with Gasteiger partial charge in [-0.1, -0.05) is 13.3 Å². The van der Waals surface area contributed by atoms with Crippen molar-refractivity contribution >= 4 is 15.8 Å². The third-order valence-corrected chi connectivity index (χ3v) is 2.68. The minimum Gasteiger partial charge on any atom is -0.469 e. The Hall–Kier alpha value is -0.580. The number of hydrogen-bond acceptors (Lipinski definition) is 4. The van der Waals surface area contributed by atoms with Crippen LogP contribution in [0.5, 0.6) is 0 Å². The molecule has 0 bridgehead atoms. The molecule has 0 aliphatic rings. The maximum atomic E-state index is 11.1. The van der Waals surface area contributed by atoms with Crippen LogP contribution in [0, 0.1) is 5.92 Å². The Kier molecular flexibility index (Phi) is 4.98. The molecule has 0 heterocycles. The minimum atomic E-state index is -3.10. The molecule has 0 radical (unpaired) electrons. The number of hydrogen-bond donors (Lipinski definition) is 0. The molecule has 13 heavy (non-hydrogen) atoms. The number of ether oxygens (including phenoxy) is 1. The summed E-state index contributed by atoms with van der Waals surface area (Å²) in [5, 5.41) is 0. The Bertz CT molecular complexity index is 255. The zero-order valence-corrected chi connectivity index (χ0v) is 9.06. The zero-order valence-electron chi connectivity index (χ0n) is 8.24. The summed E-state index contributed by atoms with van der Waals surface area (Å²) in [4.78, 5) is 11.1. The zero-order chi connectivity index (χ0) is 10.5. The first kappa shape index (κ1) is 12.4. The molecule has 0 aromatic heterocycles. The van der Waals surface area contributed by atoms with Crippen LogP contribution >= 0.6 is 0 Å². The van der Waals surface area contributed by atoms with Crippen molar-refractivity contribution in [3.63, 3.8) is 0 Å². The molecule has 0 aromatic rings. The highest BCUT2D eigenvalue weighted by molar-refractivity contribution is 7.90. The number of esters is 1. The van der Waals surface area contributed by atoms with Gasteiger partial charge >= 0.3 is 5.97 Å². The summed E-state index contributed by atoms with van der Waals surface area (Å²) < 4.78 is 26.4. The Labute approximate surface area is 79.2 Å². The summed E-state index contributed by atoms with van der Waals surface area (Å²) in [7, 11) is -1.83. The van der Waals surface area contributed by atoms with Crippen LogP contribution < -0.4 is 0 Å².